The van der Waals surface area contributed by atoms with Crippen LogP contribution >= 0.6 is 0 Å². The van der Waals surface area contributed by atoms with Crippen LogP contribution in [0.3, 0.4) is 0 Å². The molecule has 10 heteroatoms. The number of benzene rings is 1. The van der Waals surface area contributed by atoms with E-state index in [4.69, 9.17) is 0 Å². The summed E-state index contributed by atoms with van der Waals surface area (Å²) in [5.74, 6) is 0.0687. The Morgan fingerprint density at radius 3 is 2.43 bits per heavy atom. The first-order valence-electron chi connectivity index (χ1n) is 8.78. The van der Waals surface area contributed by atoms with E-state index >= 15 is 0 Å². The van der Waals surface area contributed by atoms with Gasteiger partial charge in [-0.25, -0.2) is 18.4 Å². The minimum absolute atomic E-state index is 0.0687. The summed E-state index contributed by atoms with van der Waals surface area (Å²) in [5.41, 5.74) is 1.74. The normalized spacial score (nSPS) is 12.2. The van der Waals surface area contributed by atoms with Gasteiger partial charge in [-0.3, -0.25) is 4.72 Å². The van der Waals surface area contributed by atoms with Crippen molar-refractivity contribution < 1.29 is 21.6 Å². The van der Waals surface area contributed by atoms with Gasteiger partial charge in [-0.15, -0.1) is 0 Å². The number of nitrogens with zero attached hydrogens (tertiary/aromatic N) is 2. The summed E-state index contributed by atoms with van der Waals surface area (Å²) in [6.07, 6.45) is 1.14. The lowest BCUT2D eigenvalue weighted by Gasteiger charge is -2.10. The summed E-state index contributed by atoms with van der Waals surface area (Å²) in [4.78, 5) is 11.2. The molecule has 0 saturated carbocycles. The molecule has 3 heterocycles. The van der Waals surface area contributed by atoms with Crippen molar-refractivity contribution >= 4 is 26.9 Å². The van der Waals surface area contributed by atoms with Gasteiger partial charge in [0.1, 0.15) is 11.5 Å². The Balaban J connectivity index is 1.49. The number of nitrogens with one attached hydrogen (secondary N) is 2. The highest BCUT2D eigenvalue weighted by atomic mass is 32.2. The third-order valence-electron chi connectivity index (χ3n) is 4.49. The molecule has 0 radical (unpaired) electrons. The molecule has 0 spiro atoms. The zero-order valence-corrected chi connectivity index (χ0v) is 16.1. The highest BCUT2D eigenvalue weighted by Crippen LogP contribution is 2.30. The molecule has 154 valence electrons. The molecule has 1 aromatic carbocycles. The van der Waals surface area contributed by atoms with E-state index in [0.717, 1.165) is 46.4 Å². The monoisotopic (exact) mass is 432 g/mol. The Kier molecular flexibility index (Phi) is 4.94. The van der Waals surface area contributed by atoms with E-state index in [2.05, 4.69) is 19.7 Å². The Morgan fingerprint density at radius 2 is 1.77 bits per heavy atom. The second-order valence-electron chi connectivity index (χ2n) is 6.57. The minimum Gasteiger partial charge on any atom is -0.346 e. The number of rotatable bonds is 5. The SMILES string of the molecule is O=S(=O)(Nc1ccc(Cc2c[nH]c3ncccc23)cn1)c1ccc(C(F)(F)F)cc1. The van der Waals surface area contributed by atoms with Crippen LogP contribution in [0.4, 0.5) is 19.0 Å². The summed E-state index contributed by atoms with van der Waals surface area (Å²) >= 11 is 0. The van der Waals surface area contributed by atoms with E-state index in [-0.39, 0.29) is 10.7 Å². The fourth-order valence-electron chi connectivity index (χ4n) is 2.99. The molecule has 3 aromatic heterocycles. The fraction of sp³-hybridized carbons (Fsp3) is 0.100. The first kappa shape index (κ1) is 19.9. The summed E-state index contributed by atoms with van der Waals surface area (Å²) in [5, 5.41) is 0.990. The molecular formula is C20H15F3N4O2S. The smallest absolute Gasteiger partial charge is 0.346 e. The van der Waals surface area contributed by atoms with Crippen molar-refractivity contribution in [3.05, 3.63) is 83.8 Å². The third-order valence-corrected chi connectivity index (χ3v) is 5.86. The number of anilines is 1. The lowest BCUT2D eigenvalue weighted by atomic mass is 10.1. The second kappa shape index (κ2) is 7.45. The topological polar surface area (TPSA) is 87.7 Å². The van der Waals surface area contributed by atoms with Crippen LogP contribution in [-0.4, -0.2) is 23.4 Å². The number of pyridine rings is 2. The van der Waals surface area contributed by atoms with Gasteiger partial charge in [0.25, 0.3) is 10.0 Å². The summed E-state index contributed by atoms with van der Waals surface area (Å²) in [6, 6.07) is 10.3. The van der Waals surface area contributed by atoms with Gasteiger partial charge in [0.05, 0.1) is 10.5 Å². The van der Waals surface area contributed by atoms with Crippen molar-refractivity contribution in [2.75, 3.05) is 4.72 Å². The average molecular weight is 432 g/mol. The molecular weight excluding hydrogens is 417 g/mol. The van der Waals surface area contributed by atoms with Crippen LogP contribution in [0.2, 0.25) is 0 Å². The predicted molar refractivity (Wildman–Crippen MR) is 105 cm³/mol. The third kappa shape index (κ3) is 4.13. The van der Waals surface area contributed by atoms with Crippen molar-refractivity contribution in [3.63, 3.8) is 0 Å². The first-order chi connectivity index (χ1) is 14.2. The van der Waals surface area contributed by atoms with E-state index < -0.39 is 21.8 Å². The quantitative estimate of drug-likeness (QED) is 0.490. The predicted octanol–water partition coefficient (Wildman–Crippen LogP) is 4.37. The van der Waals surface area contributed by atoms with E-state index in [1.54, 1.807) is 18.5 Å². The maximum absolute atomic E-state index is 12.6. The molecule has 6 nitrogen and oxygen atoms in total. The number of H-pyrrole nitrogens is 1. The van der Waals surface area contributed by atoms with Gasteiger partial charge in [0.2, 0.25) is 0 Å². The molecule has 0 fully saturated rings. The highest BCUT2D eigenvalue weighted by molar-refractivity contribution is 7.92. The van der Waals surface area contributed by atoms with Crippen LogP contribution in [0.1, 0.15) is 16.7 Å². The number of alkyl halides is 3. The zero-order chi connectivity index (χ0) is 21.4. The van der Waals surface area contributed by atoms with Crippen molar-refractivity contribution in [1.82, 2.24) is 15.0 Å². The molecule has 0 atom stereocenters. The maximum atomic E-state index is 12.6. The van der Waals surface area contributed by atoms with Crippen molar-refractivity contribution in [3.8, 4) is 0 Å². The van der Waals surface area contributed by atoms with Crippen LogP contribution in [-0.2, 0) is 22.6 Å². The molecule has 0 amide bonds. The summed E-state index contributed by atoms with van der Waals surface area (Å²) in [7, 11) is -4.06. The Hall–Kier alpha value is -3.40. The van der Waals surface area contributed by atoms with Crippen LogP contribution in [0.15, 0.2) is 72.0 Å². The van der Waals surface area contributed by atoms with Gasteiger partial charge in [0, 0.05) is 30.4 Å². The van der Waals surface area contributed by atoms with Crippen LogP contribution in [0.25, 0.3) is 11.0 Å². The van der Waals surface area contributed by atoms with Crippen LogP contribution < -0.4 is 4.72 Å². The van der Waals surface area contributed by atoms with Gasteiger partial charge < -0.3 is 4.98 Å². The number of sulfonamides is 1. The van der Waals surface area contributed by atoms with Gasteiger partial charge in [-0.1, -0.05) is 6.07 Å². The highest BCUT2D eigenvalue weighted by Gasteiger charge is 2.30. The number of aromatic nitrogens is 3. The van der Waals surface area contributed by atoms with Crippen LogP contribution in [0.5, 0.6) is 0 Å². The molecule has 0 aliphatic carbocycles. The molecule has 2 N–H and O–H groups in total. The lowest BCUT2D eigenvalue weighted by Crippen LogP contribution is -2.14. The molecule has 30 heavy (non-hydrogen) atoms. The van der Waals surface area contributed by atoms with Crippen molar-refractivity contribution in [1.29, 1.82) is 0 Å². The number of hydrogen-bond donors (Lipinski definition) is 2. The number of hydrogen-bond acceptors (Lipinski definition) is 4. The van der Waals surface area contributed by atoms with E-state index in [0.29, 0.717) is 6.42 Å². The molecule has 0 bridgehead atoms. The van der Waals surface area contributed by atoms with Crippen molar-refractivity contribution in [2.45, 2.75) is 17.5 Å². The maximum Gasteiger partial charge on any atom is 0.416 e. The Labute approximate surface area is 169 Å². The Bertz CT molecular complexity index is 1280. The number of fused-ring (bicyclic) bond motifs is 1. The van der Waals surface area contributed by atoms with Gasteiger partial charge >= 0.3 is 6.18 Å². The number of halogens is 3. The first-order valence-corrected chi connectivity index (χ1v) is 10.3. The van der Waals surface area contributed by atoms with Gasteiger partial charge in [-0.05, 0) is 53.6 Å². The molecule has 0 saturated heterocycles. The largest absolute Gasteiger partial charge is 0.416 e. The summed E-state index contributed by atoms with van der Waals surface area (Å²) < 4.78 is 65.0. The number of aromatic amines is 1. The molecule has 4 aromatic rings. The van der Waals surface area contributed by atoms with Crippen LogP contribution in [0, 0.1) is 0 Å². The van der Waals surface area contributed by atoms with Gasteiger partial charge in [0.15, 0.2) is 0 Å². The molecule has 0 aliphatic rings. The standard InChI is InChI=1S/C20H15F3N4O2S/c21-20(22,23)15-4-6-16(7-5-15)30(28,29)27-18-8-3-13(11-25-18)10-14-12-26-19-17(14)2-1-9-24-19/h1-9,11-12H,10H2,(H,24,26)(H,25,27). The lowest BCUT2D eigenvalue weighted by molar-refractivity contribution is -0.137. The second-order valence-corrected chi connectivity index (χ2v) is 8.25. The van der Waals surface area contributed by atoms with Gasteiger partial charge in [-0.2, -0.15) is 13.2 Å². The Morgan fingerprint density at radius 1 is 1.00 bits per heavy atom. The molecule has 0 unspecified atom stereocenters. The minimum atomic E-state index is -4.53. The summed E-state index contributed by atoms with van der Waals surface area (Å²) in [6.45, 7) is 0. The average Bonchev–Trinajstić information content (AvgIpc) is 3.12. The molecule has 4 rings (SSSR count). The van der Waals surface area contributed by atoms with E-state index in [9.17, 15) is 21.6 Å². The zero-order valence-electron chi connectivity index (χ0n) is 15.3. The van der Waals surface area contributed by atoms with Crippen molar-refractivity contribution in [2.24, 2.45) is 0 Å². The van der Waals surface area contributed by atoms with E-state index in [1.165, 1.54) is 6.07 Å². The van der Waals surface area contributed by atoms with E-state index in [1.807, 2.05) is 18.3 Å². The molecule has 0 aliphatic heterocycles. The fourth-order valence-corrected chi connectivity index (χ4v) is 4.00.